The van der Waals surface area contributed by atoms with Crippen LogP contribution in [0.15, 0.2) is 24.3 Å². The molecule has 3 N–H and O–H groups in total. The van der Waals surface area contributed by atoms with Crippen LogP contribution >= 0.6 is 0 Å². The van der Waals surface area contributed by atoms with Gasteiger partial charge in [-0.05, 0) is 77.0 Å². The molecule has 1 amide bonds. The average Bonchev–Trinajstić information content (AvgIpc) is 3.41. The van der Waals surface area contributed by atoms with Crippen LogP contribution < -0.4 is 5.32 Å². The van der Waals surface area contributed by atoms with Gasteiger partial charge < -0.3 is 20.3 Å². The molecule has 0 aliphatic rings. The van der Waals surface area contributed by atoms with E-state index < -0.39 is 12.1 Å². The number of hydrogen-bond donors (Lipinski definition) is 3. The lowest BCUT2D eigenvalue weighted by molar-refractivity contribution is -0.143. The Morgan fingerprint density at radius 1 is 0.360 bits per heavy atom. The number of rotatable bonds is 64. The van der Waals surface area contributed by atoms with Gasteiger partial charge in [0.2, 0.25) is 5.91 Å². The maximum absolute atomic E-state index is 12.5. The molecule has 0 saturated carbocycles. The summed E-state index contributed by atoms with van der Waals surface area (Å²) in [4.78, 5) is 24.5. The minimum atomic E-state index is -0.661. The molecule has 0 heterocycles. The van der Waals surface area contributed by atoms with E-state index in [9.17, 15) is 19.8 Å². The van der Waals surface area contributed by atoms with E-state index in [0.717, 1.165) is 44.9 Å². The zero-order valence-corrected chi connectivity index (χ0v) is 50.8. The van der Waals surface area contributed by atoms with Crippen molar-refractivity contribution in [2.24, 2.45) is 0 Å². The third kappa shape index (κ3) is 61.4. The molecule has 0 rings (SSSR count). The molecule has 2 atom stereocenters. The van der Waals surface area contributed by atoms with Crippen molar-refractivity contribution in [3.63, 3.8) is 0 Å². The summed E-state index contributed by atoms with van der Waals surface area (Å²) < 4.78 is 5.48. The average molecular weight is 1060 g/mol. The fourth-order valence-corrected chi connectivity index (χ4v) is 10.7. The van der Waals surface area contributed by atoms with Crippen molar-refractivity contribution in [2.75, 3.05) is 13.2 Å². The van der Waals surface area contributed by atoms with E-state index in [0.29, 0.717) is 25.9 Å². The second kappa shape index (κ2) is 64.9. The Labute approximate surface area is 469 Å². The number of ether oxygens (including phenoxy) is 1. The van der Waals surface area contributed by atoms with Crippen LogP contribution in [0, 0.1) is 0 Å². The zero-order valence-electron chi connectivity index (χ0n) is 50.8. The van der Waals surface area contributed by atoms with E-state index in [2.05, 4.69) is 43.5 Å². The molecule has 0 bridgehead atoms. The Hall–Kier alpha value is -1.66. The van der Waals surface area contributed by atoms with E-state index >= 15 is 0 Å². The second-order valence-corrected chi connectivity index (χ2v) is 23.5. The van der Waals surface area contributed by atoms with E-state index in [1.165, 1.54) is 302 Å². The Bertz CT molecular complexity index is 1170. The molecule has 0 aliphatic carbocycles. The predicted molar refractivity (Wildman–Crippen MR) is 329 cm³/mol. The summed E-state index contributed by atoms with van der Waals surface area (Å²) in [5.74, 6) is -0.0215. The minimum absolute atomic E-state index is 0.00955. The van der Waals surface area contributed by atoms with Crippen LogP contribution in [0.2, 0.25) is 0 Å². The Kier molecular flexibility index (Phi) is 63.4. The number of nitrogens with one attached hydrogen (secondary N) is 1. The number of esters is 1. The minimum Gasteiger partial charge on any atom is -0.466 e. The molecule has 0 radical (unpaired) electrons. The van der Waals surface area contributed by atoms with Crippen molar-refractivity contribution in [1.29, 1.82) is 0 Å². The summed E-state index contributed by atoms with van der Waals surface area (Å²) in [6.45, 7) is 4.96. The lowest BCUT2D eigenvalue weighted by Gasteiger charge is -2.22. The van der Waals surface area contributed by atoms with Crippen molar-refractivity contribution in [2.45, 2.75) is 392 Å². The summed E-state index contributed by atoms with van der Waals surface area (Å²) in [6.07, 6.45) is 80.8. The van der Waals surface area contributed by atoms with Gasteiger partial charge in [0.15, 0.2) is 0 Å². The fourth-order valence-electron chi connectivity index (χ4n) is 10.7. The number of carbonyl (C=O) groups excluding carboxylic acids is 2. The molecule has 0 fully saturated rings. The summed E-state index contributed by atoms with van der Waals surface area (Å²) in [5.41, 5.74) is 0. The third-order valence-corrected chi connectivity index (χ3v) is 16.0. The molecule has 0 spiro atoms. The zero-order chi connectivity index (χ0) is 54.3. The summed E-state index contributed by atoms with van der Waals surface area (Å²) >= 11 is 0. The maximum atomic E-state index is 12.5. The third-order valence-electron chi connectivity index (χ3n) is 16.0. The van der Waals surface area contributed by atoms with Gasteiger partial charge in [-0.25, -0.2) is 0 Å². The lowest BCUT2D eigenvalue weighted by atomic mass is 10.0. The summed E-state index contributed by atoms with van der Waals surface area (Å²) in [6, 6.07) is -0.539. The molecular weight excluding hydrogens is 923 g/mol. The van der Waals surface area contributed by atoms with E-state index in [4.69, 9.17) is 4.74 Å². The Morgan fingerprint density at radius 2 is 0.627 bits per heavy atom. The van der Waals surface area contributed by atoms with E-state index in [1.807, 2.05) is 0 Å². The first-order valence-corrected chi connectivity index (χ1v) is 34.1. The van der Waals surface area contributed by atoms with Crippen molar-refractivity contribution < 1.29 is 24.5 Å². The second-order valence-electron chi connectivity index (χ2n) is 23.5. The highest BCUT2D eigenvalue weighted by molar-refractivity contribution is 5.76. The summed E-state index contributed by atoms with van der Waals surface area (Å²) in [7, 11) is 0. The van der Waals surface area contributed by atoms with Crippen LogP contribution in [0.3, 0.4) is 0 Å². The van der Waals surface area contributed by atoms with Gasteiger partial charge >= 0.3 is 5.97 Å². The van der Waals surface area contributed by atoms with Gasteiger partial charge in [0, 0.05) is 12.8 Å². The highest BCUT2D eigenvalue weighted by Crippen LogP contribution is 2.18. The van der Waals surface area contributed by atoms with Crippen molar-refractivity contribution in [3.05, 3.63) is 24.3 Å². The first-order valence-electron chi connectivity index (χ1n) is 34.1. The Morgan fingerprint density at radius 3 is 0.947 bits per heavy atom. The standard InChI is InChI=1S/C69H133NO5/c1-3-5-7-9-11-13-15-17-39-43-47-51-55-59-63-69(74)75-64-60-56-52-48-44-40-36-34-32-30-28-26-24-22-20-18-19-21-23-25-27-29-31-33-35-38-42-46-50-54-58-62-68(73)70-66(65-71)67(72)61-57-53-49-45-41-37-16-14-12-10-8-6-4-2/h15,17,20,22,66-67,71-72H,3-14,16,18-19,21,23-65H2,1-2H3,(H,70,73)/b17-15-,22-20-. The van der Waals surface area contributed by atoms with Gasteiger partial charge in [0.05, 0.1) is 25.4 Å². The molecule has 2 unspecified atom stereocenters. The number of amides is 1. The van der Waals surface area contributed by atoms with E-state index in [1.54, 1.807) is 0 Å². The van der Waals surface area contributed by atoms with Crippen molar-refractivity contribution in [3.8, 4) is 0 Å². The molecule has 0 aliphatic heterocycles. The topological polar surface area (TPSA) is 95.9 Å². The van der Waals surface area contributed by atoms with Crippen LogP contribution in [0.1, 0.15) is 380 Å². The number of carbonyl (C=O) groups is 2. The number of aliphatic hydroxyl groups excluding tert-OH is 2. The highest BCUT2D eigenvalue weighted by atomic mass is 16.5. The molecule has 0 aromatic carbocycles. The molecule has 0 aromatic heterocycles. The van der Waals surface area contributed by atoms with Gasteiger partial charge in [-0.3, -0.25) is 9.59 Å². The van der Waals surface area contributed by atoms with Crippen molar-refractivity contribution >= 4 is 11.9 Å². The predicted octanol–water partition coefficient (Wildman–Crippen LogP) is 21.8. The van der Waals surface area contributed by atoms with Crippen LogP contribution in [-0.4, -0.2) is 47.4 Å². The molecule has 444 valence electrons. The van der Waals surface area contributed by atoms with Gasteiger partial charge in [-0.1, -0.05) is 314 Å². The van der Waals surface area contributed by atoms with Gasteiger partial charge in [-0.15, -0.1) is 0 Å². The fraction of sp³-hybridized carbons (Fsp3) is 0.913. The SMILES string of the molecule is CCCCCCC/C=C\CCCCCCCC(=O)OCCCCCCCCCCCCCC/C=C\CCCCCCCCCCCCCCCCCC(=O)NC(CO)C(O)CCCCCCCCCCCCCCC. The quantitative estimate of drug-likeness (QED) is 0.0320. The smallest absolute Gasteiger partial charge is 0.305 e. The number of unbranched alkanes of at least 4 members (excludes halogenated alkanes) is 49. The molecule has 0 saturated heterocycles. The Balaban J connectivity index is 3.34. The molecule has 6 nitrogen and oxygen atoms in total. The van der Waals surface area contributed by atoms with Gasteiger partial charge in [-0.2, -0.15) is 0 Å². The lowest BCUT2D eigenvalue weighted by Crippen LogP contribution is -2.45. The highest BCUT2D eigenvalue weighted by Gasteiger charge is 2.20. The van der Waals surface area contributed by atoms with E-state index in [-0.39, 0.29) is 18.5 Å². The molecule has 6 heteroatoms. The largest absolute Gasteiger partial charge is 0.466 e. The van der Waals surface area contributed by atoms with Crippen molar-refractivity contribution in [1.82, 2.24) is 5.32 Å². The molecule has 75 heavy (non-hydrogen) atoms. The number of allylic oxidation sites excluding steroid dienone is 4. The first-order chi connectivity index (χ1) is 37.0. The molecular formula is C69H133NO5. The van der Waals surface area contributed by atoms with Crippen LogP contribution in [0.5, 0.6) is 0 Å². The normalized spacial score (nSPS) is 12.6. The summed E-state index contributed by atoms with van der Waals surface area (Å²) in [5, 5.41) is 23.3. The van der Waals surface area contributed by atoms with Gasteiger partial charge in [0.1, 0.15) is 0 Å². The first kappa shape index (κ1) is 73.3. The number of hydrogen-bond acceptors (Lipinski definition) is 5. The monoisotopic (exact) mass is 1060 g/mol. The van der Waals surface area contributed by atoms with Crippen LogP contribution in [-0.2, 0) is 14.3 Å². The molecule has 0 aromatic rings. The van der Waals surface area contributed by atoms with Gasteiger partial charge in [0.25, 0.3) is 0 Å². The van der Waals surface area contributed by atoms with Crippen LogP contribution in [0.4, 0.5) is 0 Å². The number of aliphatic hydroxyl groups is 2. The van der Waals surface area contributed by atoms with Crippen LogP contribution in [0.25, 0.3) is 0 Å². The maximum Gasteiger partial charge on any atom is 0.305 e.